The summed E-state index contributed by atoms with van der Waals surface area (Å²) in [6, 6.07) is 10.2. The van der Waals surface area contributed by atoms with Crippen molar-refractivity contribution < 1.29 is 42.9 Å². The van der Waals surface area contributed by atoms with Gasteiger partial charge in [-0.25, -0.2) is 19.3 Å². The van der Waals surface area contributed by atoms with Gasteiger partial charge in [-0.1, -0.05) is 0 Å². The van der Waals surface area contributed by atoms with E-state index in [4.69, 9.17) is 14.2 Å². The average molecular weight is 480 g/mol. The summed E-state index contributed by atoms with van der Waals surface area (Å²) in [5, 5.41) is 0. The molecule has 35 heavy (non-hydrogen) atoms. The van der Waals surface area contributed by atoms with Crippen molar-refractivity contribution in [3.63, 3.8) is 0 Å². The Kier molecular flexibility index (Phi) is 6.34. The van der Waals surface area contributed by atoms with Crippen molar-refractivity contribution in [2.75, 3.05) is 44.5 Å². The molecule has 180 valence electrons. The quantitative estimate of drug-likeness (QED) is 0.354. The minimum absolute atomic E-state index is 0.0409. The van der Waals surface area contributed by atoms with Crippen LogP contribution < -0.4 is 9.80 Å². The van der Waals surface area contributed by atoms with E-state index in [-0.39, 0.29) is 47.0 Å². The number of imide groups is 1. The number of hydrogen-bond donors (Lipinski definition) is 0. The number of benzene rings is 2. The number of hydrogen-bond acceptors (Lipinski definition) is 10. The van der Waals surface area contributed by atoms with Crippen molar-refractivity contribution in [3.05, 3.63) is 70.4 Å². The van der Waals surface area contributed by atoms with Crippen LogP contribution in [0.5, 0.6) is 0 Å². The summed E-state index contributed by atoms with van der Waals surface area (Å²) in [5.74, 6) is -3.23. The summed E-state index contributed by atoms with van der Waals surface area (Å²) >= 11 is 0. The van der Waals surface area contributed by atoms with Crippen molar-refractivity contribution in [1.29, 1.82) is 0 Å². The van der Waals surface area contributed by atoms with Crippen LogP contribution >= 0.6 is 0 Å². The van der Waals surface area contributed by atoms with Gasteiger partial charge in [0.05, 0.1) is 55.9 Å². The molecular weight excluding hydrogens is 460 g/mol. The van der Waals surface area contributed by atoms with Crippen LogP contribution in [-0.4, -0.2) is 64.4 Å². The molecule has 0 fully saturated rings. The minimum Gasteiger partial charge on any atom is -0.466 e. The van der Waals surface area contributed by atoms with E-state index in [2.05, 4.69) is 4.74 Å². The Bertz CT molecular complexity index is 1280. The van der Waals surface area contributed by atoms with E-state index in [9.17, 15) is 24.0 Å². The van der Waals surface area contributed by atoms with Gasteiger partial charge in [-0.3, -0.25) is 9.59 Å². The lowest BCUT2D eigenvalue weighted by molar-refractivity contribution is -0.140. The van der Waals surface area contributed by atoms with Crippen LogP contribution in [0, 0.1) is 0 Å². The molecule has 2 amide bonds. The number of rotatable bonds is 5. The van der Waals surface area contributed by atoms with Crippen molar-refractivity contribution in [2.45, 2.75) is 0 Å². The van der Waals surface area contributed by atoms with Crippen LogP contribution in [0.25, 0.3) is 0 Å². The van der Waals surface area contributed by atoms with Gasteiger partial charge in [0.1, 0.15) is 12.4 Å². The maximum absolute atomic E-state index is 13.2. The van der Waals surface area contributed by atoms with Crippen molar-refractivity contribution in [2.24, 2.45) is 0 Å². The SMILES string of the molecule is COC(=O)C1=C(C(=O)OC)N(c2ccc3c(c2)C(=O)N(c2ccc(C(=O)OC)cc2)C3=O)COC1. The van der Waals surface area contributed by atoms with Crippen LogP contribution in [0.4, 0.5) is 11.4 Å². The van der Waals surface area contributed by atoms with E-state index in [1.165, 1.54) is 68.7 Å². The van der Waals surface area contributed by atoms with E-state index < -0.39 is 29.7 Å². The standard InChI is InChI=1S/C24H20N2O9/c1-32-22(29)13-4-6-14(7-5-13)26-20(27)16-9-8-15(10-17(16)21(26)28)25-12-35-11-18(23(30)33-2)19(25)24(31)34-3/h4-10H,11-12H2,1-3H3. The van der Waals surface area contributed by atoms with Gasteiger partial charge in [0, 0.05) is 5.69 Å². The van der Waals surface area contributed by atoms with Crippen molar-refractivity contribution in [1.82, 2.24) is 0 Å². The minimum atomic E-state index is -0.788. The number of amides is 2. The predicted octanol–water partition coefficient (Wildman–Crippen LogP) is 1.67. The second-order valence-electron chi connectivity index (χ2n) is 7.43. The Morgan fingerprint density at radius 1 is 0.771 bits per heavy atom. The molecule has 2 aliphatic rings. The van der Waals surface area contributed by atoms with Crippen LogP contribution in [0.3, 0.4) is 0 Å². The summed E-state index contributed by atoms with van der Waals surface area (Å²) < 4.78 is 19.7. The summed E-state index contributed by atoms with van der Waals surface area (Å²) in [7, 11) is 3.60. The summed E-state index contributed by atoms with van der Waals surface area (Å²) in [6.45, 7) is -0.268. The lowest BCUT2D eigenvalue weighted by atomic mass is 10.1. The Balaban J connectivity index is 1.71. The molecule has 0 unspecified atom stereocenters. The number of carbonyl (C=O) groups is 5. The van der Waals surface area contributed by atoms with E-state index in [1.807, 2.05) is 0 Å². The van der Waals surface area contributed by atoms with Gasteiger partial charge in [-0.05, 0) is 42.5 Å². The largest absolute Gasteiger partial charge is 0.466 e. The molecule has 0 saturated carbocycles. The van der Waals surface area contributed by atoms with Crippen LogP contribution in [0.15, 0.2) is 53.7 Å². The molecular formula is C24H20N2O9. The molecule has 4 rings (SSSR count). The zero-order valence-electron chi connectivity index (χ0n) is 19.0. The molecule has 2 aromatic rings. The molecule has 0 saturated heterocycles. The zero-order valence-corrected chi connectivity index (χ0v) is 19.0. The Morgan fingerprint density at radius 3 is 2.00 bits per heavy atom. The van der Waals surface area contributed by atoms with Gasteiger partial charge in [0.25, 0.3) is 11.8 Å². The third kappa shape index (κ3) is 4.02. The van der Waals surface area contributed by atoms with Crippen molar-refractivity contribution in [3.8, 4) is 0 Å². The molecule has 2 aromatic carbocycles. The summed E-state index contributed by atoms with van der Waals surface area (Å²) in [5.41, 5.74) is 0.996. The highest BCUT2D eigenvalue weighted by Gasteiger charge is 2.38. The lowest BCUT2D eigenvalue weighted by Gasteiger charge is -2.31. The second-order valence-corrected chi connectivity index (χ2v) is 7.43. The molecule has 2 heterocycles. The van der Waals surface area contributed by atoms with E-state index in [1.54, 1.807) is 0 Å². The number of ether oxygens (including phenoxy) is 4. The molecule has 2 aliphatic heterocycles. The van der Waals surface area contributed by atoms with Gasteiger partial charge >= 0.3 is 17.9 Å². The molecule has 0 bridgehead atoms. The fourth-order valence-electron chi connectivity index (χ4n) is 3.84. The summed E-state index contributed by atoms with van der Waals surface area (Å²) in [6.07, 6.45) is 0. The molecule has 11 heteroatoms. The Hall–Kier alpha value is -4.51. The number of fused-ring (bicyclic) bond motifs is 1. The highest BCUT2D eigenvalue weighted by atomic mass is 16.5. The molecule has 11 nitrogen and oxygen atoms in total. The maximum Gasteiger partial charge on any atom is 0.355 e. The highest BCUT2D eigenvalue weighted by molar-refractivity contribution is 6.34. The summed E-state index contributed by atoms with van der Waals surface area (Å²) in [4.78, 5) is 65.0. The van der Waals surface area contributed by atoms with Crippen LogP contribution in [0.1, 0.15) is 31.1 Å². The lowest BCUT2D eigenvalue weighted by Crippen LogP contribution is -2.38. The smallest absolute Gasteiger partial charge is 0.355 e. The monoisotopic (exact) mass is 480 g/mol. The van der Waals surface area contributed by atoms with Crippen molar-refractivity contribution >= 4 is 41.1 Å². The van der Waals surface area contributed by atoms with Crippen LogP contribution in [0.2, 0.25) is 0 Å². The maximum atomic E-state index is 13.2. The Morgan fingerprint density at radius 2 is 1.37 bits per heavy atom. The first kappa shape index (κ1) is 23.6. The van der Waals surface area contributed by atoms with Gasteiger partial charge < -0.3 is 23.8 Å². The number of carbonyl (C=O) groups excluding carboxylic acids is 5. The average Bonchev–Trinajstić information content (AvgIpc) is 3.15. The molecule has 0 radical (unpaired) electrons. The first-order valence-electron chi connectivity index (χ1n) is 10.3. The van der Waals surface area contributed by atoms with Crippen LogP contribution in [-0.2, 0) is 28.5 Å². The molecule has 0 atom stereocenters. The normalized spacial score (nSPS) is 15.2. The Labute approximate surface area is 199 Å². The highest BCUT2D eigenvalue weighted by Crippen LogP contribution is 2.34. The molecule has 0 spiro atoms. The second kappa shape index (κ2) is 9.39. The number of methoxy groups -OCH3 is 3. The molecule has 0 aliphatic carbocycles. The number of esters is 3. The van der Waals surface area contributed by atoms with Gasteiger partial charge in [0.15, 0.2) is 0 Å². The van der Waals surface area contributed by atoms with E-state index in [0.717, 1.165) is 4.90 Å². The van der Waals surface area contributed by atoms with E-state index in [0.29, 0.717) is 5.69 Å². The van der Waals surface area contributed by atoms with Gasteiger partial charge in [-0.2, -0.15) is 0 Å². The van der Waals surface area contributed by atoms with Gasteiger partial charge in [0.2, 0.25) is 0 Å². The zero-order chi connectivity index (χ0) is 25.3. The fourth-order valence-corrected chi connectivity index (χ4v) is 3.84. The number of anilines is 2. The third-order valence-corrected chi connectivity index (χ3v) is 5.56. The van der Waals surface area contributed by atoms with E-state index >= 15 is 0 Å². The molecule has 0 aromatic heterocycles. The first-order valence-corrected chi connectivity index (χ1v) is 10.3. The fraction of sp³-hybridized carbons (Fsp3) is 0.208. The third-order valence-electron chi connectivity index (χ3n) is 5.56. The van der Waals surface area contributed by atoms with Gasteiger partial charge in [-0.15, -0.1) is 0 Å². The predicted molar refractivity (Wildman–Crippen MR) is 120 cm³/mol. The first-order chi connectivity index (χ1) is 16.8. The number of nitrogens with zero attached hydrogens (tertiary/aromatic N) is 2. The topological polar surface area (TPSA) is 129 Å². The molecule has 0 N–H and O–H groups in total.